The summed E-state index contributed by atoms with van der Waals surface area (Å²) in [5.41, 5.74) is 4.81. The van der Waals surface area contributed by atoms with Crippen LogP contribution in [0.3, 0.4) is 0 Å². The molecule has 0 aliphatic rings. The Bertz CT molecular complexity index is 1250. The normalized spacial score (nSPS) is 10.7. The Balaban J connectivity index is 1.48. The third kappa shape index (κ3) is 6.02. The molecule has 0 unspecified atom stereocenters. The van der Waals surface area contributed by atoms with Gasteiger partial charge in [0.15, 0.2) is 5.16 Å². The van der Waals surface area contributed by atoms with E-state index in [0.29, 0.717) is 23.0 Å². The largest absolute Gasteiger partial charge is 0.363 e. The van der Waals surface area contributed by atoms with Crippen molar-refractivity contribution in [3.8, 4) is 11.3 Å². The molecule has 172 valence electrons. The maximum Gasteiger partial charge on any atom is 0.253 e. The highest BCUT2D eigenvalue weighted by Gasteiger charge is 2.13. The van der Waals surface area contributed by atoms with Crippen molar-refractivity contribution in [1.82, 2.24) is 14.9 Å². The zero-order chi connectivity index (χ0) is 23.9. The maximum atomic E-state index is 13.0. The summed E-state index contributed by atoms with van der Waals surface area (Å²) in [7, 11) is 5.79. The summed E-state index contributed by atoms with van der Waals surface area (Å²) in [4.78, 5) is 26.2. The number of amides is 1. The van der Waals surface area contributed by atoms with Gasteiger partial charge in [0.1, 0.15) is 5.82 Å². The van der Waals surface area contributed by atoms with E-state index in [9.17, 15) is 4.79 Å². The van der Waals surface area contributed by atoms with Crippen molar-refractivity contribution in [2.24, 2.45) is 0 Å². The van der Waals surface area contributed by atoms with Gasteiger partial charge in [-0.2, -0.15) is 0 Å². The molecule has 1 amide bonds. The minimum atomic E-state index is 0.00734. The summed E-state index contributed by atoms with van der Waals surface area (Å²) in [6.45, 7) is 0.575. The highest BCUT2D eigenvalue weighted by atomic mass is 32.2. The molecule has 0 fully saturated rings. The summed E-state index contributed by atoms with van der Waals surface area (Å²) in [5.74, 6) is 1.55. The molecular weight excluding hydrogens is 440 g/mol. The van der Waals surface area contributed by atoms with Crippen LogP contribution in [0.25, 0.3) is 11.3 Å². The van der Waals surface area contributed by atoms with Crippen molar-refractivity contribution in [2.45, 2.75) is 17.5 Å². The highest BCUT2D eigenvalue weighted by Crippen LogP contribution is 2.27. The number of benzene rings is 3. The molecule has 0 saturated heterocycles. The maximum absolute atomic E-state index is 13.0. The molecule has 0 spiro atoms. The second-order valence-electron chi connectivity index (χ2n) is 8.29. The van der Waals surface area contributed by atoms with Gasteiger partial charge in [-0.15, -0.1) is 0 Å². The molecule has 0 bridgehead atoms. The lowest BCUT2D eigenvalue weighted by Crippen LogP contribution is -2.26. The summed E-state index contributed by atoms with van der Waals surface area (Å²) in [5, 5.41) is 0.711. The predicted molar refractivity (Wildman–Crippen MR) is 140 cm³/mol. The number of nitrogens with zero attached hydrogens (tertiary/aromatic N) is 4. The fourth-order valence-corrected chi connectivity index (χ4v) is 4.35. The molecule has 0 aliphatic heterocycles. The van der Waals surface area contributed by atoms with Crippen molar-refractivity contribution < 1.29 is 4.79 Å². The van der Waals surface area contributed by atoms with Crippen LogP contribution in [0.2, 0.25) is 0 Å². The van der Waals surface area contributed by atoms with E-state index in [1.165, 1.54) is 0 Å². The monoisotopic (exact) mass is 468 g/mol. The zero-order valence-electron chi connectivity index (χ0n) is 19.7. The molecule has 34 heavy (non-hydrogen) atoms. The lowest BCUT2D eigenvalue weighted by Gasteiger charge is -2.18. The molecule has 1 heterocycles. The number of hydrogen-bond donors (Lipinski definition) is 0. The third-order valence-electron chi connectivity index (χ3n) is 5.37. The first kappa shape index (κ1) is 23.5. The van der Waals surface area contributed by atoms with Crippen LogP contribution in [0.15, 0.2) is 96.2 Å². The fourth-order valence-electron chi connectivity index (χ4n) is 3.55. The van der Waals surface area contributed by atoms with Gasteiger partial charge in [-0.05, 0) is 23.3 Å². The highest BCUT2D eigenvalue weighted by molar-refractivity contribution is 7.98. The van der Waals surface area contributed by atoms with Gasteiger partial charge in [-0.25, -0.2) is 9.97 Å². The van der Waals surface area contributed by atoms with Gasteiger partial charge >= 0.3 is 0 Å². The van der Waals surface area contributed by atoms with E-state index in [1.807, 2.05) is 105 Å². The molecule has 1 aromatic heterocycles. The average molecular weight is 469 g/mol. The summed E-state index contributed by atoms with van der Waals surface area (Å²) < 4.78 is 0. The Morgan fingerprint density at radius 3 is 2.18 bits per heavy atom. The van der Waals surface area contributed by atoms with E-state index in [0.717, 1.165) is 28.2 Å². The zero-order valence-corrected chi connectivity index (χ0v) is 20.5. The first-order valence-corrected chi connectivity index (χ1v) is 12.1. The van der Waals surface area contributed by atoms with Crippen LogP contribution in [0.1, 0.15) is 21.5 Å². The Morgan fingerprint density at radius 2 is 1.47 bits per heavy atom. The second kappa shape index (κ2) is 11.0. The number of aromatic nitrogens is 2. The van der Waals surface area contributed by atoms with Crippen LogP contribution in [0.4, 0.5) is 5.82 Å². The van der Waals surface area contributed by atoms with Crippen molar-refractivity contribution in [3.63, 3.8) is 0 Å². The van der Waals surface area contributed by atoms with Gasteiger partial charge in [0.05, 0.1) is 5.69 Å². The number of carbonyl (C=O) groups excluding carboxylic acids is 1. The van der Waals surface area contributed by atoms with Crippen molar-refractivity contribution in [2.75, 3.05) is 26.0 Å². The Kier molecular flexibility index (Phi) is 7.60. The van der Waals surface area contributed by atoms with Gasteiger partial charge in [0.2, 0.25) is 0 Å². The van der Waals surface area contributed by atoms with Crippen molar-refractivity contribution in [1.29, 1.82) is 0 Å². The molecule has 6 heteroatoms. The van der Waals surface area contributed by atoms with E-state index < -0.39 is 0 Å². The molecule has 5 nitrogen and oxygen atoms in total. The van der Waals surface area contributed by atoms with Crippen LogP contribution >= 0.6 is 11.8 Å². The number of hydrogen-bond acceptors (Lipinski definition) is 5. The molecule has 0 radical (unpaired) electrons. The predicted octanol–water partition coefficient (Wildman–Crippen LogP) is 5.77. The third-order valence-corrected chi connectivity index (χ3v) is 6.29. The fraction of sp³-hybridized carbons (Fsp3) is 0.179. The smallest absolute Gasteiger partial charge is 0.253 e. The summed E-state index contributed by atoms with van der Waals surface area (Å²) in [6, 6.07) is 29.9. The molecule has 0 atom stereocenters. The molecule has 4 rings (SSSR count). The first-order chi connectivity index (χ1) is 16.5. The van der Waals surface area contributed by atoms with Crippen LogP contribution in [-0.4, -0.2) is 41.9 Å². The summed E-state index contributed by atoms with van der Waals surface area (Å²) in [6.07, 6.45) is 0. The van der Waals surface area contributed by atoms with Gasteiger partial charge in [0.25, 0.3) is 5.91 Å². The molecule has 0 aliphatic carbocycles. The summed E-state index contributed by atoms with van der Waals surface area (Å²) >= 11 is 1.57. The Morgan fingerprint density at radius 1 is 0.794 bits per heavy atom. The van der Waals surface area contributed by atoms with Crippen LogP contribution in [-0.2, 0) is 12.3 Å². The van der Waals surface area contributed by atoms with Crippen LogP contribution < -0.4 is 4.90 Å². The lowest BCUT2D eigenvalue weighted by atomic mass is 10.1. The van der Waals surface area contributed by atoms with Gasteiger partial charge in [0, 0.05) is 50.6 Å². The van der Waals surface area contributed by atoms with Crippen molar-refractivity contribution >= 4 is 23.5 Å². The first-order valence-electron chi connectivity index (χ1n) is 11.1. The van der Waals surface area contributed by atoms with E-state index in [1.54, 1.807) is 16.7 Å². The molecule has 0 saturated carbocycles. The minimum Gasteiger partial charge on any atom is -0.363 e. The molecular formula is C28H28N4OS. The van der Waals surface area contributed by atoms with Crippen LogP contribution in [0.5, 0.6) is 0 Å². The van der Waals surface area contributed by atoms with E-state index >= 15 is 0 Å². The second-order valence-corrected chi connectivity index (χ2v) is 9.23. The minimum absolute atomic E-state index is 0.00734. The average Bonchev–Trinajstić information content (AvgIpc) is 2.88. The van der Waals surface area contributed by atoms with Crippen LogP contribution in [0, 0.1) is 0 Å². The number of thioether (sulfide) groups is 1. The Hall–Kier alpha value is -3.64. The van der Waals surface area contributed by atoms with E-state index in [-0.39, 0.29) is 5.91 Å². The van der Waals surface area contributed by atoms with Gasteiger partial charge in [-0.1, -0.05) is 84.6 Å². The number of carbonyl (C=O) groups is 1. The standard InChI is InChI=1S/C28H28N4OS/c1-31(2)26-18-25(23-14-8-5-9-15-23)29-28(30-26)34-20-22-13-10-16-24(17-22)27(33)32(3)19-21-11-6-4-7-12-21/h4-18H,19-20H2,1-3H3. The SMILES string of the molecule is CN(Cc1ccccc1)C(=O)c1cccc(CSc2nc(-c3ccccc3)cc(N(C)C)n2)c1. The topological polar surface area (TPSA) is 49.3 Å². The number of anilines is 1. The quantitative estimate of drug-likeness (QED) is 0.243. The van der Waals surface area contributed by atoms with E-state index in [2.05, 4.69) is 12.1 Å². The van der Waals surface area contributed by atoms with Gasteiger partial charge in [-0.3, -0.25) is 4.79 Å². The van der Waals surface area contributed by atoms with Crippen molar-refractivity contribution in [3.05, 3.63) is 108 Å². The number of rotatable bonds is 8. The Labute approximate surface area is 205 Å². The molecule has 4 aromatic rings. The lowest BCUT2D eigenvalue weighted by molar-refractivity contribution is 0.0785. The van der Waals surface area contributed by atoms with E-state index in [4.69, 9.17) is 9.97 Å². The molecule has 0 N–H and O–H groups in total. The molecule has 3 aromatic carbocycles. The van der Waals surface area contributed by atoms with Gasteiger partial charge < -0.3 is 9.80 Å².